The average molecular weight is 480 g/mol. The fraction of sp³-hybridized carbons (Fsp3) is 0.300. The molecule has 7 heteroatoms. The Bertz CT molecular complexity index is 856. The summed E-state index contributed by atoms with van der Waals surface area (Å²) in [5.41, 5.74) is 1.71. The van der Waals surface area contributed by atoms with Crippen molar-refractivity contribution in [1.82, 2.24) is 5.32 Å². The highest BCUT2D eigenvalue weighted by Crippen LogP contribution is 2.29. The van der Waals surface area contributed by atoms with Crippen molar-refractivity contribution in [2.24, 2.45) is 0 Å². The van der Waals surface area contributed by atoms with Crippen LogP contribution in [0.1, 0.15) is 12.0 Å². The van der Waals surface area contributed by atoms with Gasteiger partial charge in [-0.05, 0) is 65.4 Å². The molecule has 3 rings (SSSR count). The Morgan fingerprint density at radius 3 is 2.56 bits per heavy atom. The normalized spacial score (nSPS) is 16.7. The van der Waals surface area contributed by atoms with Crippen LogP contribution in [0.25, 0.3) is 0 Å². The Kier molecular flexibility index (Phi) is 6.33. The summed E-state index contributed by atoms with van der Waals surface area (Å²) in [7, 11) is 3.20. The van der Waals surface area contributed by atoms with E-state index in [2.05, 4.69) is 27.9 Å². The fourth-order valence-corrected chi connectivity index (χ4v) is 3.73. The molecule has 1 fully saturated rings. The first-order valence-corrected chi connectivity index (χ1v) is 9.68. The molecule has 2 aromatic rings. The Morgan fingerprint density at radius 2 is 1.85 bits per heavy atom. The van der Waals surface area contributed by atoms with Crippen molar-refractivity contribution in [3.63, 3.8) is 0 Å². The number of carbonyl (C=O) groups excluding carboxylic acids is 2. The van der Waals surface area contributed by atoms with Gasteiger partial charge in [-0.15, -0.1) is 0 Å². The van der Waals surface area contributed by atoms with Gasteiger partial charge in [0.2, 0.25) is 5.91 Å². The Labute approximate surface area is 172 Å². The monoisotopic (exact) mass is 480 g/mol. The summed E-state index contributed by atoms with van der Waals surface area (Å²) in [4.78, 5) is 26.4. The highest BCUT2D eigenvalue weighted by molar-refractivity contribution is 14.1. The molecule has 0 spiro atoms. The van der Waals surface area contributed by atoms with Crippen molar-refractivity contribution in [2.75, 3.05) is 25.7 Å². The third kappa shape index (κ3) is 4.24. The predicted octanol–water partition coefficient (Wildman–Crippen LogP) is 2.77. The Morgan fingerprint density at radius 1 is 1.11 bits per heavy atom. The quantitative estimate of drug-likeness (QED) is 0.488. The third-order valence-corrected chi connectivity index (χ3v) is 5.40. The first-order valence-electron chi connectivity index (χ1n) is 8.60. The number of benzene rings is 2. The molecule has 142 valence electrons. The van der Waals surface area contributed by atoms with Crippen LogP contribution in [0.5, 0.6) is 11.5 Å². The second-order valence-corrected chi connectivity index (χ2v) is 7.33. The van der Waals surface area contributed by atoms with Gasteiger partial charge in [0.05, 0.1) is 32.4 Å². The van der Waals surface area contributed by atoms with Crippen LogP contribution in [0, 0.1) is 3.57 Å². The van der Waals surface area contributed by atoms with E-state index < -0.39 is 6.04 Å². The standard InChI is InChI=1S/C20H21IN2O4/c1-26-17-8-7-13(11-18(17)27-2)9-10-22-15-12-19(24)23(20(15)25)16-6-4-3-5-14(16)21/h3-8,11,15,22H,9-10,12H2,1-2H3. The molecule has 0 radical (unpaired) electrons. The van der Waals surface area contributed by atoms with E-state index in [4.69, 9.17) is 9.47 Å². The summed E-state index contributed by atoms with van der Waals surface area (Å²) in [6.45, 7) is 0.582. The smallest absolute Gasteiger partial charge is 0.251 e. The zero-order valence-electron chi connectivity index (χ0n) is 15.2. The molecule has 1 atom stereocenters. The molecule has 2 aromatic carbocycles. The van der Waals surface area contributed by atoms with E-state index in [-0.39, 0.29) is 18.2 Å². The predicted molar refractivity (Wildman–Crippen MR) is 111 cm³/mol. The van der Waals surface area contributed by atoms with E-state index in [0.717, 1.165) is 9.13 Å². The van der Waals surface area contributed by atoms with Gasteiger partial charge in [-0.25, -0.2) is 4.90 Å². The number of hydrogen-bond acceptors (Lipinski definition) is 5. The summed E-state index contributed by atoms with van der Waals surface area (Å²) in [5.74, 6) is 0.981. The number of rotatable bonds is 7. The lowest BCUT2D eigenvalue weighted by Crippen LogP contribution is -2.39. The number of nitrogens with zero attached hydrogens (tertiary/aromatic N) is 1. The number of methoxy groups -OCH3 is 2. The van der Waals surface area contributed by atoms with Crippen LogP contribution < -0.4 is 19.7 Å². The number of nitrogens with one attached hydrogen (secondary N) is 1. The topological polar surface area (TPSA) is 67.9 Å². The lowest BCUT2D eigenvalue weighted by molar-refractivity contribution is -0.121. The van der Waals surface area contributed by atoms with E-state index in [9.17, 15) is 9.59 Å². The van der Waals surface area contributed by atoms with Crippen LogP contribution in [0.2, 0.25) is 0 Å². The van der Waals surface area contributed by atoms with E-state index in [1.807, 2.05) is 36.4 Å². The number of hydrogen-bond donors (Lipinski definition) is 1. The maximum atomic E-state index is 12.7. The van der Waals surface area contributed by atoms with E-state index in [1.165, 1.54) is 4.90 Å². The van der Waals surface area contributed by atoms with Gasteiger partial charge in [-0.1, -0.05) is 18.2 Å². The summed E-state index contributed by atoms with van der Waals surface area (Å²) >= 11 is 2.14. The molecule has 0 saturated carbocycles. The number of halogens is 1. The number of ether oxygens (including phenoxy) is 2. The maximum absolute atomic E-state index is 12.7. The van der Waals surface area contributed by atoms with Crippen molar-refractivity contribution in [3.05, 3.63) is 51.6 Å². The Hall–Kier alpha value is -2.13. The molecule has 2 amide bonds. The van der Waals surface area contributed by atoms with Gasteiger partial charge >= 0.3 is 0 Å². The van der Waals surface area contributed by atoms with Crippen LogP contribution in [-0.2, 0) is 16.0 Å². The first-order chi connectivity index (χ1) is 13.0. The zero-order valence-corrected chi connectivity index (χ0v) is 17.4. The Balaban J connectivity index is 1.62. The van der Waals surface area contributed by atoms with Crippen LogP contribution in [0.15, 0.2) is 42.5 Å². The minimum Gasteiger partial charge on any atom is -0.493 e. The number of anilines is 1. The largest absolute Gasteiger partial charge is 0.493 e. The van der Waals surface area contributed by atoms with Crippen LogP contribution in [0.3, 0.4) is 0 Å². The van der Waals surface area contributed by atoms with Crippen molar-refractivity contribution < 1.29 is 19.1 Å². The molecule has 0 aromatic heterocycles. The summed E-state index contributed by atoms with van der Waals surface area (Å²) in [6, 6.07) is 12.6. The van der Waals surface area contributed by atoms with Gasteiger partial charge in [0.1, 0.15) is 0 Å². The average Bonchev–Trinajstić information content (AvgIpc) is 2.95. The van der Waals surface area contributed by atoms with Crippen LogP contribution in [-0.4, -0.2) is 38.6 Å². The summed E-state index contributed by atoms with van der Waals surface area (Å²) in [5, 5.41) is 3.21. The zero-order chi connectivity index (χ0) is 19.4. The summed E-state index contributed by atoms with van der Waals surface area (Å²) < 4.78 is 11.4. The molecule has 1 heterocycles. The maximum Gasteiger partial charge on any atom is 0.251 e. The minimum absolute atomic E-state index is 0.173. The minimum atomic E-state index is -0.492. The molecule has 1 saturated heterocycles. The number of imide groups is 1. The van der Waals surface area contributed by atoms with Crippen molar-refractivity contribution in [1.29, 1.82) is 0 Å². The van der Waals surface area contributed by atoms with Crippen LogP contribution in [0.4, 0.5) is 5.69 Å². The molecule has 1 N–H and O–H groups in total. The highest BCUT2D eigenvalue weighted by atomic mass is 127. The van der Waals surface area contributed by atoms with E-state index in [1.54, 1.807) is 20.3 Å². The molecule has 0 bridgehead atoms. The summed E-state index contributed by atoms with van der Waals surface area (Å²) in [6.07, 6.45) is 0.886. The molecule has 27 heavy (non-hydrogen) atoms. The first kappa shape index (κ1) is 19.6. The van der Waals surface area contributed by atoms with Crippen LogP contribution >= 0.6 is 22.6 Å². The number of para-hydroxylation sites is 1. The lowest BCUT2D eigenvalue weighted by atomic mass is 10.1. The molecule has 1 unspecified atom stereocenters. The molecule has 1 aliphatic heterocycles. The van der Waals surface area contributed by atoms with E-state index in [0.29, 0.717) is 30.2 Å². The SMILES string of the molecule is COc1ccc(CCNC2CC(=O)N(c3ccccc3I)C2=O)cc1OC. The van der Waals surface area contributed by atoms with Gasteiger partial charge in [0, 0.05) is 3.57 Å². The third-order valence-electron chi connectivity index (χ3n) is 4.49. The van der Waals surface area contributed by atoms with Gasteiger partial charge in [-0.3, -0.25) is 9.59 Å². The molecular weight excluding hydrogens is 459 g/mol. The second kappa shape index (κ2) is 8.71. The molecular formula is C20H21IN2O4. The lowest BCUT2D eigenvalue weighted by Gasteiger charge is -2.17. The van der Waals surface area contributed by atoms with Gasteiger partial charge in [-0.2, -0.15) is 0 Å². The van der Waals surface area contributed by atoms with Crippen molar-refractivity contribution in [3.8, 4) is 11.5 Å². The fourth-order valence-electron chi connectivity index (χ4n) is 3.10. The van der Waals surface area contributed by atoms with Crippen molar-refractivity contribution >= 4 is 40.1 Å². The highest BCUT2D eigenvalue weighted by Gasteiger charge is 2.39. The number of amides is 2. The van der Waals surface area contributed by atoms with Gasteiger partial charge in [0.25, 0.3) is 5.91 Å². The van der Waals surface area contributed by atoms with Gasteiger partial charge in [0.15, 0.2) is 11.5 Å². The molecule has 1 aliphatic rings. The molecule has 6 nitrogen and oxygen atoms in total. The van der Waals surface area contributed by atoms with Gasteiger partial charge < -0.3 is 14.8 Å². The van der Waals surface area contributed by atoms with E-state index >= 15 is 0 Å². The molecule has 0 aliphatic carbocycles. The van der Waals surface area contributed by atoms with Crippen molar-refractivity contribution in [2.45, 2.75) is 18.9 Å². The number of carbonyl (C=O) groups is 2. The second-order valence-electron chi connectivity index (χ2n) is 6.17.